The van der Waals surface area contributed by atoms with Gasteiger partial charge in [0.2, 0.25) is 5.91 Å². The fourth-order valence-electron chi connectivity index (χ4n) is 1.42. The fourth-order valence-corrected chi connectivity index (χ4v) is 1.42. The Hall–Kier alpha value is -1.67. The average Bonchev–Trinajstić information content (AvgIpc) is 2.16. The number of nitrogens with one attached hydrogen (secondary N) is 1. The number of amides is 3. The van der Waals surface area contributed by atoms with E-state index >= 15 is 0 Å². The number of primary amides is 1. The molecule has 0 saturated carbocycles. The SMILES string of the molecule is NC(=O)NC(=O)CN1CCOCC1C(=O)O. The number of hydrogen-bond donors (Lipinski definition) is 3. The number of aliphatic carboxylic acids is 1. The zero-order valence-electron chi connectivity index (χ0n) is 8.51. The lowest BCUT2D eigenvalue weighted by molar-refractivity contribution is -0.150. The molecule has 0 aromatic rings. The van der Waals surface area contributed by atoms with Crippen molar-refractivity contribution in [3.63, 3.8) is 0 Å². The third kappa shape index (κ3) is 3.48. The lowest BCUT2D eigenvalue weighted by Gasteiger charge is -2.31. The van der Waals surface area contributed by atoms with E-state index in [-0.39, 0.29) is 13.2 Å². The third-order valence-corrected chi connectivity index (χ3v) is 2.13. The minimum Gasteiger partial charge on any atom is -0.480 e. The van der Waals surface area contributed by atoms with E-state index in [0.717, 1.165) is 0 Å². The van der Waals surface area contributed by atoms with Crippen molar-refractivity contribution in [1.82, 2.24) is 10.2 Å². The number of nitrogens with zero attached hydrogens (tertiary/aromatic N) is 1. The van der Waals surface area contributed by atoms with Gasteiger partial charge in [0.1, 0.15) is 6.04 Å². The van der Waals surface area contributed by atoms with Crippen LogP contribution in [0.1, 0.15) is 0 Å². The topological polar surface area (TPSA) is 122 Å². The van der Waals surface area contributed by atoms with E-state index in [1.165, 1.54) is 4.90 Å². The molecule has 1 aliphatic rings. The molecule has 3 amide bonds. The van der Waals surface area contributed by atoms with Crippen molar-refractivity contribution in [3.8, 4) is 0 Å². The van der Waals surface area contributed by atoms with Crippen molar-refractivity contribution >= 4 is 17.9 Å². The van der Waals surface area contributed by atoms with Crippen LogP contribution in [0, 0.1) is 0 Å². The first-order valence-corrected chi connectivity index (χ1v) is 4.64. The summed E-state index contributed by atoms with van der Waals surface area (Å²) in [6.07, 6.45) is 0. The van der Waals surface area contributed by atoms with E-state index in [4.69, 9.17) is 15.6 Å². The molecule has 1 unspecified atom stereocenters. The van der Waals surface area contributed by atoms with Crippen LogP contribution in [-0.2, 0) is 14.3 Å². The van der Waals surface area contributed by atoms with E-state index in [0.29, 0.717) is 13.2 Å². The summed E-state index contributed by atoms with van der Waals surface area (Å²) >= 11 is 0. The summed E-state index contributed by atoms with van der Waals surface area (Å²) in [6, 6.07) is -1.82. The quantitative estimate of drug-likeness (QED) is 0.514. The van der Waals surface area contributed by atoms with Crippen molar-refractivity contribution in [2.24, 2.45) is 5.73 Å². The summed E-state index contributed by atoms with van der Waals surface area (Å²) in [5.41, 5.74) is 4.76. The van der Waals surface area contributed by atoms with Crippen LogP contribution in [0.25, 0.3) is 0 Å². The van der Waals surface area contributed by atoms with Gasteiger partial charge in [0, 0.05) is 6.54 Å². The van der Waals surface area contributed by atoms with Crippen LogP contribution in [0.5, 0.6) is 0 Å². The molecule has 1 heterocycles. The molecule has 1 saturated heterocycles. The molecule has 0 radical (unpaired) electrons. The number of carbonyl (C=O) groups excluding carboxylic acids is 2. The molecule has 8 heteroatoms. The Bertz CT molecular complexity index is 306. The Morgan fingerprint density at radius 1 is 1.50 bits per heavy atom. The maximum Gasteiger partial charge on any atom is 0.323 e. The van der Waals surface area contributed by atoms with E-state index in [1.54, 1.807) is 0 Å². The maximum atomic E-state index is 11.2. The van der Waals surface area contributed by atoms with Crippen LogP contribution in [0.2, 0.25) is 0 Å². The molecule has 0 aliphatic carbocycles. The van der Waals surface area contributed by atoms with Crippen LogP contribution in [-0.4, -0.2) is 60.3 Å². The zero-order valence-corrected chi connectivity index (χ0v) is 8.51. The first kappa shape index (κ1) is 12.4. The minimum absolute atomic E-state index is 0.0270. The van der Waals surface area contributed by atoms with Crippen molar-refractivity contribution < 1.29 is 24.2 Å². The molecule has 16 heavy (non-hydrogen) atoms. The Morgan fingerprint density at radius 3 is 2.75 bits per heavy atom. The van der Waals surface area contributed by atoms with Gasteiger partial charge in [-0.25, -0.2) is 4.79 Å². The molecule has 1 rings (SSSR count). The predicted octanol–water partition coefficient (Wildman–Crippen LogP) is -2.03. The summed E-state index contributed by atoms with van der Waals surface area (Å²) < 4.78 is 4.99. The lowest BCUT2D eigenvalue weighted by Crippen LogP contribution is -2.53. The summed E-state index contributed by atoms with van der Waals surface area (Å²) in [6.45, 7) is 0.513. The second-order valence-corrected chi connectivity index (χ2v) is 3.31. The van der Waals surface area contributed by atoms with Gasteiger partial charge in [0.25, 0.3) is 0 Å². The van der Waals surface area contributed by atoms with Gasteiger partial charge in [0.05, 0.1) is 19.8 Å². The normalized spacial score (nSPS) is 21.4. The zero-order chi connectivity index (χ0) is 12.1. The second kappa shape index (κ2) is 5.42. The number of urea groups is 1. The van der Waals surface area contributed by atoms with Crippen LogP contribution >= 0.6 is 0 Å². The van der Waals surface area contributed by atoms with Gasteiger partial charge in [-0.2, -0.15) is 0 Å². The number of nitrogens with two attached hydrogens (primary N) is 1. The number of carboxylic acid groups (broad SMARTS) is 1. The standard InChI is InChI=1S/C8H13N3O5/c9-8(15)10-6(12)3-11-1-2-16-4-5(11)7(13)14/h5H,1-4H2,(H,13,14)(H3,9,10,12,15). The van der Waals surface area contributed by atoms with Crippen molar-refractivity contribution in [2.75, 3.05) is 26.3 Å². The number of hydrogen-bond acceptors (Lipinski definition) is 5. The minimum atomic E-state index is -1.06. The Morgan fingerprint density at radius 2 is 2.19 bits per heavy atom. The molecular weight excluding hydrogens is 218 g/mol. The largest absolute Gasteiger partial charge is 0.480 e. The van der Waals surface area contributed by atoms with E-state index < -0.39 is 23.9 Å². The van der Waals surface area contributed by atoms with Gasteiger partial charge < -0.3 is 15.6 Å². The monoisotopic (exact) mass is 231 g/mol. The predicted molar refractivity (Wildman–Crippen MR) is 51.5 cm³/mol. The first-order chi connectivity index (χ1) is 7.50. The van der Waals surface area contributed by atoms with Gasteiger partial charge in [-0.05, 0) is 0 Å². The van der Waals surface area contributed by atoms with E-state index in [1.807, 2.05) is 5.32 Å². The molecule has 90 valence electrons. The average molecular weight is 231 g/mol. The number of carboxylic acids is 1. The molecule has 4 N–H and O–H groups in total. The van der Waals surface area contributed by atoms with Gasteiger partial charge in [0.15, 0.2) is 0 Å². The number of carbonyl (C=O) groups is 3. The lowest BCUT2D eigenvalue weighted by atomic mass is 10.2. The molecular formula is C8H13N3O5. The van der Waals surface area contributed by atoms with E-state index in [9.17, 15) is 14.4 Å². The maximum absolute atomic E-state index is 11.2. The second-order valence-electron chi connectivity index (χ2n) is 3.31. The number of rotatable bonds is 3. The highest BCUT2D eigenvalue weighted by molar-refractivity contribution is 5.94. The van der Waals surface area contributed by atoms with Gasteiger partial charge in [-0.3, -0.25) is 19.8 Å². The van der Waals surface area contributed by atoms with Crippen molar-refractivity contribution in [3.05, 3.63) is 0 Å². The molecule has 1 aliphatic heterocycles. The Balaban J connectivity index is 2.52. The molecule has 0 aromatic heterocycles. The summed E-state index contributed by atoms with van der Waals surface area (Å²) in [5, 5.41) is 10.7. The third-order valence-electron chi connectivity index (χ3n) is 2.13. The highest BCUT2D eigenvalue weighted by Gasteiger charge is 2.30. The van der Waals surface area contributed by atoms with Crippen LogP contribution in [0.3, 0.4) is 0 Å². The van der Waals surface area contributed by atoms with Gasteiger partial charge in [-0.15, -0.1) is 0 Å². The molecule has 1 atom stereocenters. The van der Waals surface area contributed by atoms with Crippen LogP contribution in [0.15, 0.2) is 0 Å². The Kier molecular flexibility index (Phi) is 4.20. The number of morpholine rings is 1. The van der Waals surface area contributed by atoms with Crippen molar-refractivity contribution in [2.45, 2.75) is 6.04 Å². The Labute approximate surface area is 91.3 Å². The van der Waals surface area contributed by atoms with Gasteiger partial charge >= 0.3 is 12.0 Å². The summed E-state index contributed by atoms with van der Waals surface area (Å²) in [4.78, 5) is 33.8. The van der Waals surface area contributed by atoms with Gasteiger partial charge in [-0.1, -0.05) is 0 Å². The van der Waals surface area contributed by atoms with E-state index in [2.05, 4.69) is 0 Å². The summed E-state index contributed by atoms with van der Waals surface area (Å²) in [5.74, 6) is -1.69. The summed E-state index contributed by atoms with van der Waals surface area (Å²) in [7, 11) is 0. The highest BCUT2D eigenvalue weighted by atomic mass is 16.5. The molecule has 1 fully saturated rings. The highest BCUT2D eigenvalue weighted by Crippen LogP contribution is 2.06. The van der Waals surface area contributed by atoms with Crippen molar-refractivity contribution in [1.29, 1.82) is 0 Å². The smallest absolute Gasteiger partial charge is 0.323 e. The number of ether oxygens (including phenoxy) is 1. The van der Waals surface area contributed by atoms with Crippen LogP contribution < -0.4 is 11.1 Å². The first-order valence-electron chi connectivity index (χ1n) is 4.64. The van der Waals surface area contributed by atoms with Crippen LogP contribution in [0.4, 0.5) is 4.79 Å². The molecule has 0 bridgehead atoms. The fraction of sp³-hybridized carbons (Fsp3) is 0.625. The molecule has 8 nitrogen and oxygen atoms in total. The molecule has 0 aromatic carbocycles. The molecule has 0 spiro atoms. The number of imide groups is 1.